The average molecular weight is 343 g/mol. The van der Waals surface area contributed by atoms with Crippen LogP contribution in [0.1, 0.15) is 38.2 Å². The molecule has 25 heavy (non-hydrogen) atoms. The van der Waals surface area contributed by atoms with Crippen LogP contribution in [0.4, 0.5) is 4.79 Å². The fourth-order valence-corrected chi connectivity index (χ4v) is 2.95. The number of ether oxygens (including phenoxy) is 1. The summed E-state index contributed by atoms with van der Waals surface area (Å²) >= 11 is 0. The molecule has 2 amide bonds. The number of hydrogen-bond acceptors (Lipinski definition) is 4. The van der Waals surface area contributed by atoms with Crippen molar-refractivity contribution in [2.45, 2.75) is 45.9 Å². The molecule has 0 saturated carbocycles. The first-order valence-corrected chi connectivity index (χ1v) is 8.80. The molecule has 3 rings (SSSR count). The molecule has 0 radical (unpaired) electrons. The summed E-state index contributed by atoms with van der Waals surface area (Å²) in [5, 5.41) is 11.0. The largest absolute Gasteiger partial charge is 0.486 e. The van der Waals surface area contributed by atoms with Gasteiger partial charge in [0.2, 0.25) is 0 Å². The third-order valence-electron chi connectivity index (χ3n) is 4.50. The zero-order chi connectivity index (χ0) is 17.8. The SMILES string of the molecule is CCc1ccccc1OC1CN(C(=O)NC(C)c2nncn2CC)C1. The average Bonchev–Trinajstić information content (AvgIpc) is 3.06. The fourth-order valence-electron chi connectivity index (χ4n) is 2.95. The summed E-state index contributed by atoms with van der Waals surface area (Å²) in [4.78, 5) is 14.1. The van der Waals surface area contributed by atoms with Crippen LogP contribution in [0.5, 0.6) is 5.75 Å². The van der Waals surface area contributed by atoms with Crippen molar-refractivity contribution in [3.05, 3.63) is 42.0 Å². The van der Waals surface area contributed by atoms with Crippen molar-refractivity contribution in [1.82, 2.24) is 25.0 Å². The molecule has 7 nitrogen and oxygen atoms in total. The Morgan fingerprint density at radius 3 is 2.84 bits per heavy atom. The van der Waals surface area contributed by atoms with Gasteiger partial charge in [-0.1, -0.05) is 25.1 Å². The Morgan fingerprint density at radius 1 is 1.36 bits per heavy atom. The van der Waals surface area contributed by atoms with Gasteiger partial charge >= 0.3 is 6.03 Å². The lowest BCUT2D eigenvalue weighted by atomic mass is 10.1. The Morgan fingerprint density at radius 2 is 2.12 bits per heavy atom. The van der Waals surface area contributed by atoms with Crippen LogP contribution in [0.25, 0.3) is 0 Å². The van der Waals surface area contributed by atoms with Gasteiger partial charge in [-0.3, -0.25) is 0 Å². The summed E-state index contributed by atoms with van der Waals surface area (Å²) in [6, 6.07) is 7.77. The van der Waals surface area contributed by atoms with Gasteiger partial charge < -0.3 is 19.5 Å². The van der Waals surface area contributed by atoms with Gasteiger partial charge in [-0.05, 0) is 31.9 Å². The van der Waals surface area contributed by atoms with Gasteiger partial charge in [0.1, 0.15) is 18.2 Å². The normalized spacial score (nSPS) is 15.6. The zero-order valence-electron chi connectivity index (χ0n) is 15.0. The van der Waals surface area contributed by atoms with Gasteiger partial charge in [0, 0.05) is 6.54 Å². The van der Waals surface area contributed by atoms with E-state index in [4.69, 9.17) is 4.74 Å². The Bertz CT molecular complexity index is 724. The first-order valence-electron chi connectivity index (χ1n) is 8.80. The van der Waals surface area contributed by atoms with E-state index in [-0.39, 0.29) is 18.2 Å². The second-order valence-electron chi connectivity index (χ2n) is 6.25. The lowest BCUT2D eigenvalue weighted by molar-refractivity contribution is 0.0429. The molecule has 0 aliphatic carbocycles. The van der Waals surface area contributed by atoms with E-state index in [0.29, 0.717) is 13.1 Å². The van der Waals surface area contributed by atoms with Crippen LogP contribution in [0.3, 0.4) is 0 Å². The Balaban J connectivity index is 1.50. The molecule has 134 valence electrons. The topological polar surface area (TPSA) is 72.3 Å². The molecule has 0 spiro atoms. The summed E-state index contributed by atoms with van der Waals surface area (Å²) in [6.45, 7) is 8.01. The smallest absolute Gasteiger partial charge is 0.318 e. The molecule has 1 atom stereocenters. The summed E-state index contributed by atoms with van der Waals surface area (Å²) in [5.41, 5.74) is 1.19. The molecule has 1 aromatic heterocycles. The molecule has 1 aliphatic heterocycles. The predicted octanol–water partition coefficient (Wildman–Crippen LogP) is 2.39. The number of likely N-dealkylation sites (tertiary alicyclic amines) is 1. The number of amides is 2. The van der Waals surface area contributed by atoms with Gasteiger partial charge in [-0.2, -0.15) is 0 Å². The molecule has 1 unspecified atom stereocenters. The van der Waals surface area contributed by atoms with Crippen LogP contribution >= 0.6 is 0 Å². The number of hydrogen-bond donors (Lipinski definition) is 1. The highest BCUT2D eigenvalue weighted by molar-refractivity contribution is 5.75. The molecule has 0 bridgehead atoms. The van der Waals surface area contributed by atoms with Gasteiger partial charge in [0.15, 0.2) is 5.82 Å². The van der Waals surface area contributed by atoms with Crippen molar-refractivity contribution in [2.75, 3.05) is 13.1 Å². The highest BCUT2D eigenvalue weighted by Crippen LogP contribution is 2.23. The molecule has 2 aromatic rings. The number of aryl methyl sites for hydroxylation is 2. The third kappa shape index (κ3) is 3.75. The van der Waals surface area contributed by atoms with E-state index in [1.165, 1.54) is 5.56 Å². The van der Waals surface area contributed by atoms with Gasteiger partial charge in [0.25, 0.3) is 0 Å². The lowest BCUT2D eigenvalue weighted by Gasteiger charge is -2.39. The number of carbonyl (C=O) groups is 1. The first-order chi connectivity index (χ1) is 12.1. The maximum Gasteiger partial charge on any atom is 0.318 e. The Hall–Kier alpha value is -2.57. The number of nitrogens with zero attached hydrogens (tertiary/aromatic N) is 4. The molecule has 2 heterocycles. The van der Waals surface area contributed by atoms with Crippen molar-refractivity contribution in [3.63, 3.8) is 0 Å². The number of aromatic nitrogens is 3. The van der Waals surface area contributed by atoms with Crippen LogP contribution in [0.15, 0.2) is 30.6 Å². The van der Waals surface area contributed by atoms with Crippen LogP contribution in [0.2, 0.25) is 0 Å². The van der Waals surface area contributed by atoms with Crippen molar-refractivity contribution in [1.29, 1.82) is 0 Å². The summed E-state index contributed by atoms with van der Waals surface area (Å²) in [5.74, 6) is 1.68. The molecule has 1 saturated heterocycles. The number of carbonyl (C=O) groups excluding carboxylic acids is 1. The number of rotatable bonds is 6. The molecule has 1 aliphatic rings. The molecule has 1 fully saturated rings. The fraction of sp³-hybridized carbons (Fsp3) is 0.500. The third-order valence-corrected chi connectivity index (χ3v) is 4.50. The molecule has 1 N–H and O–H groups in total. The van der Waals surface area contributed by atoms with E-state index in [1.54, 1.807) is 11.2 Å². The molecule has 7 heteroatoms. The predicted molar refractivity (Wildman–Crippen MR) is 94.5 cm³/mol. The first kappa shape index (κ1) is 17.3. The Labute approximate surface area is 148 Å². The van der Waals surface area contributed by atoms with Crippen molar-refractivity contribution in [3.8, 4) is 5.75 Å². The summed E-state index contributed by atoms with van der Waals surface area (Å²) < 4.78 is 7.94. The highest BCUT2D eigenvalue weighted by Gasteiger charge is 2.33. The maximum absolute atomic E-state index is 12.4. The Kier molecular flexibility index (Phi) is 5.21. The number of urea groups is 1. The summed E-state index contributed by atoms with van der Waals surface area (Å²) in [7, 11) is 0. The molecular formula is C18H25N5O2. The number of para-hydroxylation sites is 1. The standard InChI is InChI=1S/C18H25N5O2/c1-4-14-8-6-7-9-16(14)25-15-10-23(11-15)18(24)20-13(3)17-21-19-12-22(17)5-2/h6-9,12-13,15H,4-5,10-11H2,1-3H3,(H,20,24). The number of nitrogens with one attached hydrogen (secondary N) is 1. The van der Waals surface area contributed by atoms with Crippen LogP contribution in [-0.4, -0.2) is 44.9 Å². The maximum atomic E-state index is 12.4. The van der Waals surface area contributed by atoms with E-state index in [0.717, 1.165) is 24.5 Å². The minimum atomic E-state index is -0.185. The zero-order valence-corrected chi connectivity index (χ0v) is 15.0. The van der Waals surface area contributed by atoms with E-state index in [1.807, 2.05) is 36.6 Å². The van der Waals surface area contributed by atoms with Crippen LogP contribution < -0.4 is 10.1 Å². The van der Waals surface area contributed by atoms with Crippen LogP contribution in [0, 0.1) is 0 Å². The quantitative estimate of drug-likeness (QED) is 0.874. The molecular weight excluding hydrogens is 318 g/mol. The number of benzene rings is 1. The van der Waals surface area contributed by atoms with Crippen LogP contribution in [-0.2, 0) is 13.0 Å². The van der Waals surface area contributed by atoms with E-state index in [2.05, 4.69) is 28.5 Å². The minimum absolute atomic E-state index is 0.0491. The van der Waals surface area contributed by atoms with E-state index < -0.39 is 0 Å². The van der Waals surface area contributed by atoms with Gasteiger partial charge in [-0.25, -0.2) is 4.79 Å². The van der Waals surface area contributed by atoms with Gasteiger partial charge in [0.05, 0.1) is 19.1 Å². The van der Waals surface area contributed by atoms with Crippen molar-refractivity contribution < 1.29 is 9.53 Å². The second kappa shape index (κ2) is 7.55. The van der Waals surface area contributed by atoms with Gasteiger partial charge in [-0.15, -0.1) is 10.2 Å². The van der Waals surface area contributed by atoms with Crippen molar-refractivity contribution >= 4 is 6.03 Å². The minimum Gasteiger partial charge on any atom is -0.486 e. The van der Waals surface area contributed by atoms with E-state index in [9.17, 15) is 4.79 Å². The summed E-state index contributed by atoms with van der Waals surface area (Å²) in [6.07, 6.45) is 2.66. The highest BCUT2D eigenvalue weighted by atomic mass is 16.5. The lowest BCUT2D eigenvalue weighted by Crippen LogP contribution is -2.59. The van der Waals surface area contributed by atoms with Crippen molar-refractivity contribution in [2.24, 2.45) is 0 Å². The molecule has 1 aromatic carbocycles. The monoisotopic (exact) mass is 343 g/mol. The second-order valence-corrected chi connectivity index (χ2v) is 6.25. The van der Waals surface area contributed by atoms with E-state index >= 15 is 0 Å².